The number of hydrogen-bond donors (Lipinski definition) is 1. The molecule has 0 amide bonds. The molecule has 30 heavy (non-hydrogen) atoms. The monoisotopic (exact) mass is 444 g/mol. The Morgan fingerprint density at radius 3 is 2.57 bits per heavy atom. The van der Waals surface area contributed by atoms with Gasteiger partial charge < -0.3 is 4.74 Å². The van der Waals surface area contributed by atoms with Crippen molar-refractivity contribution < 1.29 is 31.1 Å². The minimum atomic E-state index is -4.59. The molecule has 2 aliphatic carbocycles. The molecule has 10 heteroatoms. The van der Waals surface area contributed by atoms with Crippen LogP contribution in [0.25, 0.3) is 6.08 Å². The van der Waals surface area contributed by atoms with E-state index < -0.39 is 34.4 Å². The second kappa shape index (κ2) is 7.35. The molecule has 2 bridgehead atoms. The summed E-state index contributed by atoms with van der Waals surface area (Å²) in [6, 6.07) is 5.79. The molecule has 1 N–H and O–H groups in total. The number of carbonyl (C=O) groups is 1. The Balaban J connectivity index is 1.63. The van der Waals surface area contributed by atoms with E-state index in [4.69, 9.17) is 0 Å². The van der Waals surface area contributed by atoms with Crippen LogP contribution in [0.15, 0.2) is 24.3 Å². The molecule has 2 fully saturated rings. The molecular formula is C20H23F3N2O4S. The Kier molecular flexibility index (Phi) is 5.22. The Hall–Kier alpha value is -1.91. The summed E-state index contributed by atoms with van der Waals surface area (Å²) >= 11 is 0. The summed E-state index contributed by atoms with van der Waals surface area (Å²) in [6.45, 7) is -1.63. The smallest absolute Gasteiger partial charge is 0.402 e. The molecule has 0 radical (unpaired) electrons. The topological polar surface area (TPSA) is 75.7 Å². The summed E-state index contributed by atoms with van der Waals surface area (Å²) in [4.78, 5) is 11.3. The van der Waals surface area contributed by atoms with Crippen molar-refractivity contribution in [2.75, 3.05) is 20.2 Å². The van der Waals surface area contributed by atoms with Crippen LogP contribution in [0, 0.1) is 11.8 Å². The molecule has 1 aromatic carbocycles. The van der Waals surface area contributed by atoms with E-state index >= 15 is 0 Å². The fourth-order valence-electron chi connectivity index (χ4n) is 5.20. The number of methoxy groups -OCH3 is 1. The van der Waals surface area contributed by atoms with E-state index in [1.807, 2.05) is 18.2 Å². The normalized spacial score (nSPS) is 30.5. The molecule has 1 heterocycles. The number of rotatable bonds is 3. The number of carbonyl (C=O) groups excluding carboxylic acids is 1. The molecular weight excluding hydrogens is 421 g/mol. The van der Waals surface area contributed by atoms with E-state index in [1.54, 1.807) is 6.08 Å². The van der Waals surface area contributed by atoms with Gasteiger partial charge in [0.2, 0.25) is 0 Å². The van der Waals surface area contributed by atoms with Crippen molar-refractivity contribution in [1.29, 1.82) is 0 Å². The average molecular weight is 444 g/mol. The highest BCUT2D eigenvalue weighted by Crippen LogP contribution is 2.50. The van der Waals surface area contributed by atoms with E-state index in [0.29, 0.717) is 17.1 Å². The maximum Gasteiger partial charge on any atom is 0.402 e. The highest BCUT2D eigenvalue weighted by atomic mass is 32.2. The van der Waals surface area contributed by atoms with Gasteiger partial charge in [0.1, 0.15) is 6.54 Å². The number of fused-ring (bicyclic) bond motifs is 1. The lowest BCUT2D eigenvalue weighted by Gasteiger charge is -2.33. The van der Waals surface area contributed by atoms with Crippen LogP contribution >= 0.6 is 0 Å². The van der Waals surface area contributed by atoms with E-state index in [1.165, 1.54) is 13.2 Å². The van der Waals surface area contributed by atoms with Gasteiger partial charge in [0.05, 0.1) is 12.6 Å². The molecule has 1 aromatic rings. The summed E-state index contributed by atoms with van der Waals surface area (Å²) in [7, 11) is -2.89. The van der Waals surface area contributed by atoms with Crippen LogP contribution in [0.5, 0.6) is 0 Å². The van der Waals surface area contributed by atoms with Gasteiger partial charge in [0, 0.05) is 12.6 Å². The Morgan fingerprint density at radius 2 is 1.93 bits per heavy atom. The summed E-state index contributed by atoms with van der Waals surface area (Å²) in [5.74, 6) is -0.613. The van der Waals surface area contributed by atoms with E-state index in [-0.39, 0.29) is 18.4 Å². The lowest BCUT2D eigenvalue weighted by Crippen LogP contribution is -2.52. The SMILES string of the molecule is COC(=O)/C=C/c1ccc2c(c1)C[C@H]1CC[C@@H](C2)[C@]12CN(CC(F)(F)F)S(=O)(=O)N2. The van der Waals surface area contributed by atoms with Crippen molar-refractivity contribution in [1.82, 2.24) is 9.03 Å². The molecule has 3 atom stereocenters. The maximum atomic E-state index is 12.9. The van der Waals surface area contributed by atoms with Gasteiger partial charge in [0.15, 0.2) is 0 Å². The first-order chi connectivity index (χ1) is 14.0. The van der Waals surface area contributed by atoms with Crippen LogP contribution in [0.4, 0.5) is 13.2 Å². The number of benzene rings is 1. The average Bonchev–Trinajstić information content (AvgIpc) is 3.03. The zero-order valence-electron chi connectivity index (χ0n) is 16.4. The van der Waals surface area contributed by atoms with Gasteiger partial charge in [-0.25, -0.2) is 4.79 Å². The molecule has 0 unspecified atom stereocenters. The van der Waals surface area contributed by atoms with Crippen LogP contribution in [-0.4, -0.2) is 50.6 Å². The van der Waals surface area contributed by atoms with E-state index in [2.05, 4.69) is 9.46 Å². The van der Waals surface area contributed by atoms with Gasteiger partial charge in [-0.05, 0) is 60.3 Å². The predicted molar refractivity (Wildman–Crippen MR) is 104 cm³/mol. The number of halogens is 3. The van der Waals surface area contributed by atoms with Gasteiger partial charge >= 0.3 is 12.1 Å². The fraction of sp³-hybridized carbons (Fsp3) is 0.550. The minimum Gasteiger partial charge on any atom is -0.466 e. The molecule has 6 nitrogen and oxygen atoms in total. The largest absolute Gasteiger partial charge is 0.466 e. The first kappa shape index (κ1) is 21.3. The van der Waals surface area contributed by atoms with Crippen LogP contribution in [0.2, 0.25) is 0 Å². The highest BCUT2D eigenvalue weighted by Gasteiger charge is 2.60. The van der Waals surface area contributed by atoms with E-state index in [0.717, 1.165) is 29.5 Å². The number of hydrogen-bond acceptors (Lipinski definition) is 4. The highest BCUT2D eigenvalue weighted by molar-refractivity contribution is 7.87. The molecule has 1 spiro atoms. The van der Waals surface area contributed by atoms with Gasteiger partial charge in [-0.15, -0.1) is 0 Å². The quantitative estimate of drug-likeness (QED) is 0.574. The zero-order chi connectivity index (χ0) is 21.7. The van der Waals surface area contributed by atoms with Gasteiger partial charge in [-0.1, -0.05) is 18.2 Å². The van der Waals surface area contributed by atoms with Gasteiger partial charge in [-0.3, -0.25) is 0 Å². The van der Waals surface area contributed by atoms with Crippen LogP contribution in [0.1, 0.15) is 29.5 Å². The number of ether oxygens (including phenoxy) is 1. The minimum absolute atomic E-state index is 0.0618. The predicted octanol–water partition coefficient (Wildman–Crippen LogP) is 2.45. The molecule has 1 aliphatic heterocycles. The van der Waals surface area contributed by atoms with Crippen molar-refractivity contribution in [2.45, 2.75) is 37.4 Å². The van der Waals surface area contributed by atoms with E-state index in [9.17, 15) is 26.4 Å². The number of alkyl halides is 3. The van der Waals surface area contributed by atoms with Crippen molar-refractivity contribution in [3.8, 4) is 0 Å². The number of nitrogens with one attached hydrogen (secondary N) is 1. The third kappa shape index (κ3) is 3.88. The molecule has 164 valence electrons. The maximum absolute atomic E-state index is 12.9. The summed E-state index contributed by atoms with van der Waals surface area (Å²) in [6.07, 6.45) is 1.10. The summed E-state index contributed by atoms with van der Waals surface area (Å²) in [5.41, 5.74) is 2.05. The Labute approximate surface area is 173 Å². The third-order valence-electron chi connectivity index (χ3n) is 6.55. The Bertz CT molecular complexity index is 992. The number of nitrogens with zero attached hydrogens (tertiary/aromatic N) is 1. The molecule has 3 aliphatic rings. The van der Waals surface area contributed by atoms with Gasteiger partial charge in [-0.2, -0.15) is 30.6 Å². The molecule has 0 aromatic heterocycles. The lowest BCUT2D eigenvalue weighted by atomic mass is 9.79. The first-order valence-electron chi connectivity index (χ1n) is 9.76. The molecule has 4 rings (SSSR count). The van der Waals surface area contributed by atoms with Crippen molar-refractivity contribution >= 4 is 22.3 Å². The Morgan fingerprint density at radius 1 is 1.27 bits per heavy atom. The number of esters is 1. The van der Waals surface area contributed by atoms with Crippen LogP contribution < -0.4 is 4.72 Å². The van der Waals surface area contributed by atoms with Gasteiger partial charge in [0.25, 0.3) is 10.2 Å². The van der Waals surface area contributed by atoms with Crippen molar-refractivity contribution in [2.24, 2.45) is 11.8 Å². The van der Waals surface area contributed by atoms with Crippen molar-refractivity contribution in [3.63, 3.8) is 0 Å². The fourth-order valence-corrected chi connectivity index (χ4v) is 6.91. The third-order valence-corrected chi connectivity index (χ3v) is 8.13. The summed E-state index contributed by atoms with van der Waals surface area (Å²) < 4.78 is 71.6. The lowest BCUT2D eigenvalue weighted by molar-refractivity contribution is -0.136. The second-order valence-electron chi connectivity index (χ2n) is 8.29. The molecule has 1 saturated heterocycles. The standard InChI is InChI=1S/C20H23F3N2O4S/c1-29-18(26)7-3-13-2-4-14-9-16-5-6-17(10-15(14)8-13)19(16)11-25(12-20(21,22)23)30(27,28)24-19/h2-4,7-8,16-17,24H,5-6,9-12H2,1H3/b7-3+/t16-,17+,19+/m0/s1. The zero-order valence-corrected chi connectivity index (χ0v) is 17.2. The van der Waals surface area contributed by atoms with Crippen LogP contribution in [-0.2, 0) is 32.6 Å². The van der Waals surface area contributed by atoms with Crippen molar-refractivity contribution in [3.05, 3.63) is 41.0 Å². The molecule has 1 saturated carbocycles. The second-order valence-corrected chi connectivity index (χ2v) is 9.97. The first-order valence-corrected chi connectivity index (χ1v) is 11.2. The summed E-state index contributed by atoms with van der Waals surface area (Å²) in [5, 5.41) is 0. The van der Waals surface area contributed by atoms with Crippen LogP contribution in [0.3, 0.4) is 0 Å².